The summed E-state index contributed by atoms with van der Waals surface area (Å²) in [4.78, 5) is 12.1. The van der Waals surface area contributed by atoms with Crippen molar-refractivity contribution in [2.75, 3.05) is 0 Å². The van der Waals surface area contributed by atoms with Crippen LogP contribution in [0.2, 0.25) is 0 Å². The Morgan fingerprint density at radius 1 is 1.00 bits per heavy atom. The Bertz CT molecular complexity index is 391. The van der Waals surface area contributed by atoms with E-state index in [2.05, 4.69) is 60.6 Å². The van der Waals surface area contributed by atoms with Gasteiger partial charge >= 0.3 is 5.97 Å². The summed E-state index contributed by atoms with van der Waals surface area (Å²) in [5.41, 5.74) is -0.161. The van der Waals surface area contributed by atoms with Crippen LogP contribution >= 0.6 is 0 Å². The van der Waals surface area contributed by atoms with Gasteiger partial charge in [-0.2, -0.15) is 0 Å². The first-order valence-electron chi connectivity index (χ1n) is 9.27. The third-order valence-electron chi connectivity index (χ3n) is 4.39. The number of hydrogen-bond acceptors (Lipinski definition) is 2. The van der Waals surface area contributed by atoms with Gasteiger partial charge in [0.25, 0.3) is 0 Å². The van der Waals surface area contributed by atoms with Gasteiger partial charge in [-0.3, -0.25) is 4.79 Å². The molecule has 0 N–H and O–H groups in total. The highest BCUT2D eigenvalue weighted by atomic mass is 16.6. The van der Waals surface area contributed by atoms with E-state index in [9.17, 15) is 4.79 Å². The fourth-order valence-corrected chi connectivity index (χ4v) is 3.08. The summed E-state index contributed by atoms with van der Waals surface area (Å²) < 4.78 is 5.84. The molecule has 0 bridgehead atoms. The Labute approximate surface area is 145 Å². The number of esters is 1. The summed E-state index contributed by atoms with van der Waals surface area (Å²) in [6.45, 7) is 19.5. The molecule has 0 aromatic rings. The molecule has 0 aromatic carbocycles. The molecule has 23 heavy (non-hydrogen) atoms. The molecule has 136 valence electrons. The van der Waals surface area contributed by atoms with Gasteiger partial charge in [0.2, 0.25) is 0 Å². The van der Waals surface area contributed by atoms with Crippen LogP contribution in [0, 0.1) is 16.7 Å². The van der Waals surface area contributed by atoms with E-state index < -0.39 is 5.60 Å². The molecule has 0 aliphatic heterocycles. The molecule has 0 spiro atoms. The number of hydrogen-bond donors (Lipinski definition) is 0. The van der Waals surface area contributed by atoms with Gasteiger partial charge in [0.15, 0.2) is 0 Å². The maximum absolute atomic E-state index is 12.1. The average Bonchev–Trinajstić information content (AvgIpc) is 2.35. The molecule has 0 fully saturated rings. The Kier molecular flexibility index (Phi) is 8.59. The smallest absolute Gasteiger partial charge is 0.306 e. The first-order chi connectivity index (χ1) is 10.3. The number of carbonyl (C=O) groups is 1. The van der Waals surface area contributed by atoms with Gasteiger partial charge in [-0.25, -0.2) is 0 Å². The zero-order valence-electron chi connectivity index (χ0n) is 17.1. The van der Waals surface area contributed by atoms with Gasteiger partial charge in [-0.15, -0.1) is 0 Å². The fourth-order valence-electron chi connectivity index (χ4n) is 3.08. The third kappa shape index (κ3) is 9.84. The summed E-state index contributed by atoms with van der Waals surface area (Å²) in [5.74, 6) is 0.266. The van der Waals surface area contributed by atoms with Crippen LogP contribution < -0.4 is 0 Å². The molecule has 0 amide bonds. The molecule has 0 heterocycles. The first kappa shape index (κ1) is 22.2. The van der Waals surface area contributed by atoms with Gasteiger partial charge in [0.05, 0.1) is 0 Å². The van der Waals surface area contributed by atoms with E-state index in [-0.39, 0.29) is 16.8 Å². The lowest BCUT2D eigenvalue weighted by Crippen LogP contribution is -2.36. The molecule has 0 rings (SSSR count). The summed E-state index contributed by atoms with van der Waals surface area (Å²) in [5, 5.41) is 0. The predicted molar refractivity (Wildman–Crippen MR) is 100 cm³/mol. The van der Waals surface area contributed by atoms with Crippen LogP contribution in [0.5, 0.6) is 0 Å². The Hall–Kier alpha value is -0.790. The number of ether oxygens (including phenoxy) is 1. The molecule has 0 radical (unpaired) electrons. The van der Waals surface area contributed by atoms with E-state index in [1.54, 1.807) is 0 Å². The average molecular weight is 325 g/mol. The highest BCUT2D eigenvalue weighted by Crippen LogP contribution is 2.36. The molecule has 2 heteroatoms. The van der Waals surface area contributed by atoms with Crippen LogP contribution in [0.25, 0.3) is 0 Å². The minimum atomic E-state index is -0.394. The van der Waals surface area contributed by atoms with Crippen LogP contribution in [0.15, 0.2) is 12.2 Å². The molecule has 0 aliphatic rings. The van der Waals surface area contributed by atoms with Gasteiger partial charge in [-0.1, -0.05) is 74.0 Å². The Morgan fingerprint density at radius 3 is 1.96 bits per heavy atom. The second kappa shape index (κ2) is 8.89. The van der Waals surface area contributed by atoms with E-state index in [4.69, 9.17) is 4.74 Å². The lowest BCUT2D eigenvalue weighted by molar-refractivity contribution is -0.161. The van der Waals surface area contributed by atoms with Crippen LogP contribution in [0.3, 0.4) is 0 Å². The Morgan fingerprint density at radius 2 is 1.52 bits per heavy atom. The van der Waals surface area contributed by atoms with Crippen molar-refractivity contribution in [2.45, 2.75) is 100 Å². The topological polar surface area (TPSA) is 26.3 Å². The van der Waals surface area contributed by atoms with Crippen molar-refractivity contribution in [1.82, 2.24) is 0 Å². The quantitative estimate of drug-likeness (QED) is 0.337. The van der Waals surface area contributed by atoms with Gasteiger partial charge in [0.1, 0.15) is 5.60 Å². The summed E-state index contributed by atoms with van der Waals surface area (Å²) in [6.07, 6.45) is 9.21. The van der Waals surface area contributed by atoms with Crippen molar-refractivity contribution >= 4 is 5.97 Å². The summed E-state index contributed by atoms with van der Waals surface area (Å²) in [6, 6.07) is 0. The summed E-state index contributed by atoms with van der Waals surface area (Å²) >= 11 is 0. The lowest BCUT2D eigenvalue weighted by Gasteiger charge is -2.36. The van der Waals surface area contributed by atoms with Crippen molar-refractivity contribution in [1.29, 1.82) is 0 Å². The fraction of sp³-hybridized carbons (Fsp3) is 0.857. The van der Waals surface area contributed by atoms with Gasteiger partial charge in [-0.05, 0) is 42.9 Å². The predicted octanol–water partition coefficient (Wildman–Crippen LogP) is 6.54. The van der Waals surface area contributed by atoms with E-state index in [0.29, 0.717) is 12.3 Å². The highest BCUT2D eigenvalue weighted by Gasteiger charge is 2.33. The van der Waals surface area contributed by atoms with E-state index in [1.807, 2.05) is 13.8 Å². The maximum atomic E-state index is 12.1. The van der Waals surface area contributed by atoms with E-state index in [0.717, 1.165) is 12.8 Å². The van der Waals surface area contributed by atoms with Gasteiger partial charge < -0.3 is 4.74 Å². The number of rotatable bonds is 10. The first-order valence-corrected chi connectivity index (χ1v) is 9.27. The monoisotopic (exact) mass is 324 g/mol. The molecular weight excluding hydrogens is 284 g/mol. The zero-order chi connectivity index (χ0) is 18.3. The molecule has 0 aliphatic carbocycles. The van der Waals surface area contributed by atoms with Crippen molar-refractivity contribution in [3.63, 3.8) is 0 Å². The van der Waals surface area contributed by atoms with Crippen molar-refractivity contribution < 1.29 is 9.53 Å². The van der Waals surface area contributed by atoms with Crippen molar-refractivity contribution in [3.8, 4) is 0 Å². The van der Waals surface area contributed by atoms with E-state index in [1.165, 1.54) is 12.8 Å². The molecule has 0 saturated carbocycles. The molecule has 0 aromatic heterocycles. The minimum absolute atomic E-state index is 0.00782. The van der Waals surface area contributed by atoms with Crippen LogP contribution in [0.4, 0.5) is 0 Å². The van der Waals surface area contributed by atoms with Crippen LogP contribution in [-0.2, 0) is 9.53 Å². The maximum Gasteiger partial charge on any atom is 0.306 e. The number of allylic oxidation sites excluding steroid dienone is 2. The minimum Gasteiger partial charge on any atom is -0.459 e. The van der Waals surface area contributed by atoms with Crippen molar-refractivity contribution in [2.24, 2.45) is 16.7 Å². The second-order valence-corrected chi connectivity index (χ2v) is 9.11. The molecule has 1 unspecified atom stereocenters. The van der Waals surface area contributed by atoms with Gasteiger partial charge in [0, 0.05) is 6.42 Å². The Balaban J connectivity index is 4.93. The number of carbonyl (C=O) groups excluding carboxylic acids is 1. The lowest BCUT2D eigenvalue weighted by atomic mass is 9.77. The zero-order valence-corrected chi connectivity index (χ0v) is 17.1. The van der Waals surface area contributed by atoms with Crippen LogP contribution in [-0.4, -0.2) is 11.6 Å². The van der Waals surface area contributed by atoms with Crippen LogP contribution in [0.1, 0.15) is 94.4 Å². The molecule has 1 atom stereocenters. The largest absolute Gasteiger partial charge is 0.459 e. The summed E-state index contributed by atoms with van der Waals surface area (Å²) in [7, 11) is 0. The third-order valence-corrected chi connectivity index (χ3v) is 4.39. The molecule has 0 saturated heterocycles. The SMILES string of the molecule is CCCC(C)(C)C=CC(C)(C)CC(C)(CC)OC(=O)CC(C)C. The van der Waals surface area contributed by atoms with E-state index >= 15 is 0 Å². The normalized spacial score (nSPS) is 15.9. The molecule has 2 nitrogen and oxygen atoms in total. The second-order valence-electron chi connectivity index (χ2n) is 9.11. The standard InChI is InChI=1S/C21H40O2/c1-10-12-19(5,6)13-14-20(7,8)16-21(9,11-2)23-18(22)15-17(3)4/h13-14,17H,10-12,15-16H2,1-9H3. The highest BCUT2D eigenvalue weighted by molar-refractivity contribution is 5.70. The van der Waals surface area contributed by atoms with Crippen molar-refractivity contribution in [3.05, 3.63) is 12.2 Å². The molecular formula is C21H40O2.